The molecule has 3 unspecified atom stereocenters. The molecule has 1 heterocycles. The van der Waals surface area contributed by atoms with Crippen molar-refractivity contribution in [2.45, 2.75) is 44.2 Å². The largest absolute Gasteiger partial charge is 0.493 e. The molecule has 0 aliphatic carbocycles. The van der Waals surface area contributed by atoms with Crippen LogP contribution in [0.15, 0.2) is 54.6 Å². The van der Waals surface area contributed by atoms with E-state index in [1.807, 2.05) is 19.1 Å². The fourth-order valence-electron chi connectivity index (χ4n) is 3.50. The Balaban J connectivity index is 1.72. The van der Waals surface area contributed by atoms with Gasteiger partial charge in [-0.15, -0.1) is 0 Å². The Bertz CT molecular complexity index is 627. The zero-order valence-corrected chi connectivity index (χ0v) is 14.3. The molecular weight excluding hydrogens is 298 g/mol. The van der Waals surface area contributed by atoms with Crippen LogP contribution in [0.1, 0.15) is 49.3 Å². The summed E-state index contributed by atoms with van der Waals surface area (Å²) in [6.07, 6.45) is 2.59. The van der Waals surface area contributed by atoms with Gasteiger partial charge in [0.2, 0.25) is 0 Å². The van der Waals surface area contributed by atoms with Crippen molar-refractivity contribution in [3.8, 4) is 5.75 Å². The van der Waals surface area contributed by atoms with Crippen LogP contribution in [-0.4, -0.2) is 24.4 Å². The van der Waals surface area contributed by atoms with Crippen molar-refractivity contribution in [3.05, 3.63) is 65.7 Å². The second-order valence-corrected chi connectivity index (χ2v) is 6.68. The molecule has 0 saturated carbocycles. The van der Waals surface area contributed by atoms with Crippen molar-refractivity contribution in [2.24, 2.45) is 0 Å². The number of aliphatic hydroxyl groups excluding tert-OH is 1. The summed E-state index contributed by atoms with van der Waals surface area (Å²) in [4.78, 5) is 0. The molecule has 0 radical (unpaired) electrons. The Labute approximate surface area is 144 Å². The Morgan fingerprint density at radius 2 is 1.88 bits per heavy atom. The molecule has 3 nitrogen and oxygen atoms in total. The van der Waals surface area contributed by atoms with Gasteiger partial charge in [-0.05, 0) is 43.7 Å². The Hall–Kier alpha value is -1.84. The highest BCUT2D eigenvalue weighted by atomic mass is 16.5. The van der Waals surface area contributed by atoms with E-state index in [-0.39, 0.29) is 6.10 Å². The maximum atomic E-state index is 9.88. The van der Waals surface area contributed by atoms with Crippen LogP contribution in [0.2, 0.25) is 0 Å². The smallest absolute Gasteiger partial charge is 0.124 e. The van der Waals surface area contributed by atoms with Gasteiger partial charge in [0.15, 0.2) is 0 Å². The zero-order valence-electron chi connectivity index (χ0n) is 14.3. The maximum Gasteiger partial charge on any atom is 0.124 e. The van der Waals surface area contributed by atoms with Crippen LogP contribution in [0.5, 0.6) is 5.75 Å². The van der Waals surface area contributed by atoms with Gasteiger partial charge in [-0.1, -0.05) is 48.5 Å². The van der Waals surface area contributed by atoms with Crippen LogP contribution >= 0.6 is 0 Å². The zero-order chi connectivity index (χ0) is 16.8. The average molecular weight is 325 g/mol. The second-order valence-electron chi connectivity index (χ2n) is 6.68. The summed E-state index contributed by atoms with van der Waals surface area (Å²) >= 11 is 0. The van der Waals surface area contributed by atoms with Gasteiger partial charge in [0.1, 0.15) is 5.75 Å². The molecule has 3 heteroatoms. The molecule has 1 aliphatic heterocycles. The quantitative estimate of drug-likeness (QED) is 0.842. The fourth-order valence-corrected chi connectivity index (χ4v) is 3.50. The van der Waals surface area contributed by atoms with Crippen molar-refractivity contribution >= 4 is 0 Å². The summed E-state index contributed by atoms with van der Waals surface area (Å²) in [5, 5.41) is 13.6. The minimum Gasteiger partial charge on any atom is -0.493 e. The number of benzene rings is 2. The third-order valence-corrected chi connectivity index (χ3v) is 4.70. The predicted molar refractivity (Wildman–Crippen MR) is 97.4 cm³/mol. The van der Waals surface area contributed by atoms with Gasteiger partial charge in [-0.2, -0.15) is 0 Å². The molecule has 0 aromatic heterocycles. The molecule has 0 spiro atoms. The van der Waals surface area contributed by atoms with E-state index in [2.05, 4.69) is 47.8 Å². The number of hydrogen-bond donors (Lipinski definition) is 2. The number of aliphatic hydroxyl groups is 1. The number of fused-ring (bicyclic) bond motifs is 1. The third kappa shape index (κ3) is 4.37. The first-order valence-corrected chi connectivity index (χ1v) is 8.92. The van der Waals surface area contributed by atoms with Crippen molar-refractivity contribution in [3.63, 3.8) is 0 Å². The van der Waals surface area contributed by atoms with Crippen molar-refractivity contribution in [1.29, 1.82) is 0 Å². The SMILES string of the molecule is CC(O)CC(CNC1CCCOc2ccccc21)c1ccccc1. The Morgan fingerprint density at radius 3 is 2.67 bits per heavy atom. The van der Waals surface area contributed by atoms with E-state index in [9.17, 15) is 5.11 Å². The molecule has 3 rings (SSSR count). The molecule has 24 heavy (non-hydrogen) atoms. The molecule has 0 saturated heterocycles. The van der Waals surface area contributed by atoms with Crippen molar-refractivity contribution in [1.82, 2.24) is 5.32 Å². The van der Waals surface area contributed by atoms with Gasteiger partial charge >= 0.3 is 0 Å². The Morgan fingerprint density at radius 1 is 1.12 bits per heavy atom. The fraction of sp³-hybridized carbons (Fsp3) is 0.429. The predicted octanol–water partition coefficient (Wildman–Crippen LogP) is 4.04. The summed E-state index contributed by atoms with van der Waals surface area (Å²) in [5.74, 6) is 1.31. The van der Waals surface area contributed by atoms with Gasteiger partial charge in [0.05, 0.1) is 12.7 Å². The van der Waals surface area contributed by atoms with Gasteiger partial charge in [-0.3, -0.25) is 0 Å². The lowest BCUT2D eigenvalue weighted by Gasteiger charge is -2.24. The molecular formula is C21H27NO2. The highest BCUT2D eigenvalue weighted by Gasteiger charge is 2.21. The molecule has 2 aromatic rings. The van der Waals surface area contributed by atoms with E-state index in [1.165, 1.54) is 11.1 Å². The molecule has 1 aliphatic rings. The lowest BCUT2D eigenvalue weighted by molar-refractivity contribution is 0.172. The summed E-state index contributed by atoms with van der Waals surface area (Å²) in [5.41, 5.74) is 2.53. The van der Waals surface area contributed by atoms with E-state index < -0.39 is 0 Å². The lowest BCUT2D eigenvalue weighted by atomic mass is 9.92. The maximum absolute atomic E-state index is 9.88. The van der Waals surface area contributed by atoms with Gasteiger partial charge in [-0.25, -0.2) is 0 Å². The first-order valence-electron chi connectivity index (χ1n) is 8.92. The van der Waals surface area contributed by atoms with Crippen LogP contribution in [0.25, 0.3) is 0 Å². The van der Waals surface area contributed by atoms with Crippen LogP contribution in [0.4, 0.5) is 0 Å². The molecule has 0 bridgehead atoms. The summed E-state index contributed by atoms with van der Waals surface area (Å²) in [6, 6.07) is 19.1. The number of rotatable bonds is 6. The van der Waals surface area contributed by atoms with Crippen LogP contribution in [0, 0.1) is 0 Å². The molecule has 3 atom stereocenters. The highest BCUT2D eigenvalue weighted by Crippen LogP contribution is 2.32. The number of para-hydroxylation sites is 1. The first kappa shape index (κ1) is 17.0. The molecule has 0 fully saturated rings. The minimum absolute atomic E-state index is 0.304. The van der Waals surface area contributed by atoms with Crippen LogP contribution in [0.3, 0.4) is 0 Å². The van der Waals surface area contributed by atoms with Gasteiger partial charge < -0.3 is 15.2 Å². The first-order chi connectivity index (χ1) is 11.7. The van der Waals surface area contributed by atoms with Gasteiger partial charge in [0, 0.05) is 18.2 Å². The number of ether oxygens (including phenoxy) is 1. The average Bonchev–Trinajstić information content (AvgIpc) is 2.81. The van der Waals surface area contributed by atoms with E-state index in [1.54, 1.807) is 0 Å². The van der Waals surface area contributed by atoms with E-state index >= 15 is 0 Å². The number of nitrogens with one attached hydrogen (secondary N) is 1. The standard InChI is InChI=1S/C21H27NO2/c1-16(23)14-18(17-8-3-2-4-9-17)15-22-20-11-7-13-24-21-12-6-5-10-19(20)21/h2-6,8-10,12,16,18,20,22-23H,7,11,13-15H2,1H3. The van der Waals surface area contributed by atoms with E-state index in [0.29, 0.717) is 12.0 Å². The normalized spacial score (nSPS) is 19.7. The van der Waals surface area contributed by atoms with Crippen molar-refractivity contribution in [2.75, 3.05) is 13.2 Å². The topological polar surface area (TPSA) is 41.5 Å². The molecule has 2 aromatic carbocycles. The van der Waals surface area contributed by atoms with Crippen LogP contribution < -0.4 is 10.1 Å². The molecule has 128 valence electrons. The van der Waals surface area contributed by atoms with E-state index in [0.717, 1.165) is 38.2 Å². The Kier molecular flexibility index (Phi) is 5.89. The lowest BCUT2D eigenvalue weighted by Crippen LogP contribution is -2.28. The van der Waals surface area contributed by atoms with E-state index in [4.69, 9.17) is 4.74 Å². The third-order valence-electron chi connectivity index (χ3n) is 4.70. The summed E-state index contributed by atoms with van der Waals surface area (Å²) in [6.45, 7) is 3.50. The second kappa shape index (κ2) is 8.32. The summed E-state index contributed by atoms with van der Waals surface area (Å²) < 4.78 is 5.85. The molecule has 2 N–H and O–H groups in total. The van der Waals surface area contributed by atoms with Gasteiger partial charge in [0.25, 0.3) is 0 Å². The number of hydrogen-bond acceptors (Lipinski definition) is 3. The van der Waals surface area contributed by atoms with Crippen molar-refractivity contribution < 1.29 is 9.84 Å². The minimum atomic E-state index is -0.304. The summed E-state index contributed by atoms with van der Waals surface area (Å²) in [7, 11) is 0. The monoisotopic (exact) mass is 325 g/mol. The van der Waals surface area contributed by atoms with Crippen LogP contribution in [-0.2, 0) is 0 Å². The molecule has 0 amide bonds. The highest BCUT2D eigenvalue weighted by molar-refractivity contribution is 5.36.